The van der Waals surface area contributed by atoms with E-state index in [-0.39, 0.29) is 36.0 Å². The third-order valence-electron chi connectivity index (χ3n) is 4.90. The number of fused-ring (bicyclic) bond motifs is 1. The smallest absolute Gasteiger partial charge is 0.262 e. The van der Waals surface area contributed by atoms with Gasteiger partial charge in [-0.25, -0.2) is 4.98 Å². The van der Waals surface area contributed by atoms with Gasteiger partial charge in [0.25, 0.3) is 5.56 Å². The van der Waals surface area contributed by atoms with Gasteiger partial charge in [-0.3, -0.25) is 29.8 Å². The van der Waals surface area contributed by atoms with E-state index in [1.165, 1.54) is 4.57 Å². The summed E-state index contributed by atoms with van der Waals surface area (Å²) >= 11 is 0. The van der Waals surface area contributed by atoms with E-state index in [4.69, 9.17) is 0 Å². The summed E-state index contributed by atoms with van der Waals surface area (Å²) in [6, 6.07) is 12.6. The van der Waals surface area contributed by atoms with Crippen LogP contribution in [-0.4, -0.2) is 21.2 Å². The molecule has 150 valence electrons. The third-order valence-corrected chi connectivity index (χ3v) is 4.90. The van der Waals surface area contributed by atoms with Crippen LogP contribution in [0.15, 0.2) is 47.3 Å². The van der Waals surface area contributed by atoms with E-state index in [1.807, 2.05) is 32.9 Å². The van der Waals surface area contributed by atoms with Crippen LogP contribution in [-0.2, 0) is 11.3 Å². The first kappa shape index (κ1) is 20.3. The summed E-state index contributed by atoms with van der Waals surface area (Å²) in [6.07, 6.45) is 0.129. The zero-order valence-corrected chi connectivity index (χ0v) is 16.8. The molecule has 3 rings (SSSR count). The monoisotopic (exact) mass is 392 g/mol. The molecule has 0 atom stereocenters. The van der Waals surface area contributed by atoms with E-state index < -0.39 is 0 Å². The topological polar surface area (TPSA) is 93.1 Å². The van der Waals surface area contributed by atoms with Crippen molar-refractivity contribution in [1.82, 2.24) is 15.0 Å². The van der Waals surface area contributed by atoms with Crippen molar-refractivity contribution in [2.75, 3.05) is 5.43 Å². The van der Waals surface area contributed by atoms with Crippen LogP contribution in [0, 0.1) is 13.8 Å². The molecular weight excluding hydrogens is 368 g/mol. The van der Waals surface area contributed by atoms with Crippen molar-refractivity contribution in [2.24, 2.45) is 0 Å². The zero-order chi connectivity index (χ0) is 21.0. The summed E-state index contributed by atoms with van der Waals surface area (Å²) < 4.78 is 1.45. The Hall–Kier alpha value is -3.48. The number of hydrazine groups is 1. The predicted molar refractivity (Wildman–Crippen MR) is 113 cm³/mol. The van der Waals surface area contributed by atoms with Gasteiger partial charge in [-0.2, -0.15) is 0 Å². The van der Waals surface area contributed by atoms with Crippen LogP contribution >= 0.6 is 0 Å². The number of Topliss-reactive ketones (excluding diaryl/α,β-unsaturated/α-hetero) is 1. The highest BCUT2D eigenvalue weighted by Gasteiger charge is 2.12. The summed E-state index contributed by atoms with van der Waals surface area (Å²) in [7, 11) is 0. The van der Waals surface area contributed by atoms with Gasteiger partial charge >= 0.3 is 0 Å². The summed E-state index contributed by atoms with van der Waals surface area (Å²) in [4.78, 5) is 41.5. The molecular formula is C22H24N4O3. The van der Waals surface area contributed by atoms with Crippen molar-refractivity contribution in [3.8, 4) is 0 Å². The molecule has 0 unspecified atom stereocenters. The quantitative estimate of drug-likeness (QED) is 0.476. The molecule has 0 spiro atoms. The van der Waals surface area contributed by atoms with Gasteiger partial charge in [0.05, 0.1) is 10.9 Å². The van der Waals surface area contributed by atoms with Gasteiger partial charge in [0, 0.05) is 24.9 Å². The van der Waals surface area contributed by atoms with Crippen LogP contribution in [0.25, 0.3) is 10.9 Å². The van der Waals surface area contributed by atoms with Gasteiger partial charge in [-0.05, 0) is 50.1 Å². The molecule has 0 aliphatic carbocycles. The van der Waals surface area contributed by atoms with Crippen LogP contribution in [0.1, 0.15) is 41.3 Å². The summed E-state index contributed by atoms with van der Waals surface area (Å²) in [5, 5.41) is 0.519. The fourth-order valence-corrected chi connectivity index (χ4v) is 3.03. The first-order chi connectivity index (χ1) is 13.9. The van der Waals surface area contributed by atoms with Crippen LogP contribution in [0.4, 0.5) is 5.95 Å². The number of anilines is 1. The average Bonchev–Trinajstić information content (AvgIpc) is 2.72. The Balaban J connectivity index is 1.64. The minimum absolute atomic E-state index is 0.0305. The molecule has 0 bridgehead atoms. The van der Waals surface area contributed by atoms with Crippen molar-refractivity contribution in [3.05, 3.63) is 69.5 Å². The Labute approximate surface area is 168 Å². The number of amides is 1. The number of para-hydroxylation sites is 1. The van der Waals surface area contributed by atoms with Crippen molar-refractivity contribution < 1.29 is 9.59 Å². The lowest BCUT2D eigenvalue weighted by Crippen LogP contribution is -2.34. The van der Waals surface area contributed by atoms with E-state index in [0.29, 0.717) is 23.0 Å². The molecule has 2 aromatic carbocycles. The SMILES string of the molecule is CCn1c(NNC(=O)CCC(=O)c2ccc(C)c(C)c2)nc2ccccc2c1=O. The molecule has 0 saturated heterocycles. The van der Waals surface area contributed by atoms with Gasteiger partial charge in [0.1, 0.15) is 0 Å². The van der Waals surface area contributed by atoms with Gasteiger partial charge in [0.2, 0.25) is 11.9 Å². The highest BCUT2D eigenvalue weighted by atomic mass is 16.2. The Morgan fingerprint density at radius 1 is 1.03 bits per heavy atom. The second-order valence-corrected chi connectivity index (χ2v) is 6.90. The number of benzene rings is 2. The van der Waals surface area contributed by atoms with Crippen LogP contribution in [0.5, 0.6) is 0 Å². The van der Waals surface area contributed by atoms with Crippen LogP contribution < -0.4 is 16.4 Å². The van der Waals surface area contributed by atoms with E-state index in [0.717, 1.165) is 11.1 Å². The summed E-state index contributed by atoms with van der Waals surface area (Å²) in [5.41, 5.74) is 8.38. The molecule has 0 radical (unpaired) electrons. The molecule has 3 aromatic rings. The van der Waals surface area contributed by atoms with E-state index in [2.05, 4.69) is 15.8 Å². The molecule has 7 nitrogen and oxygen atoms in total. The zero-order valence-electron chi connectivity index (χ0n) is 16.8. The lowest BCUT2D eigenvalue weighted by atomic mass is 10.0. The van der Waals surface area contributed by atoms with Gasteiger partial charge in [-0.15, -0.1) is 0 Å². The number of rotatable bonds is 7. The predicted octanol–water partition coefficient (Wildman–Crippen LogP) is 3.14. The van der Waals surface area contributed by atoms with Crippen molar-refractivity contribution in [2.45, 2.75) is 40.2 Å². The molecule has 0 aliphatic rings. The van der Waals surface area contributed by atoms with E-state index >= 15 is 0 Å². The van der Waals surface area contributed by atoms with Gasteiger partial charge < -0.3 is 0 Å². The fourth-order valence-electron chi connectivity index (χ4n) is 3.03. The standard InChI is InChI=1S/C22H24N4O3/c1-4-26-21(29)17-7-5-6-8-18(17)23-22(26)25-24-20(28)12-11-19(27)16-10-9-14(2)15(3)13-16/h5-10,13H,4,11-12H2,1-3H3,(H,23,25)(H,24,28). The minimum atomic E-state index is -0.354. The molecule has 0 fully saturated rings. The first-order valence-corrected chi connectivity index (χ1v) is 9.55. The maximum atomic E-state index is 12.6. The Morgan fingerprint density at radius 2 is 1.79 bits per heavy atom. The molecule has 1 heterocycles. The molecule has 0 saturated carbocycles. The lowest BCUT2D eigenvalue weighted by molar-refractivity contribution is -0.120. The number of carbonyl (C=O) groups excluding carboxylic acids is 2. The number of ketones is 1. The molecule has 7 heteroatoms. The first-order valence-electron chi connectivity index (χ1n) is 9.55. The normalized spacial score (nSPS) is 10.7. The van der Waals surface area contributed by atoms with Gasteiger partial charge in [0.15, 0.2) is 5.78 Å². The maximum absolute atomic E-state index is 12.6. The van der Waals surface area contributed by atoms with E-state index in [1.54, 1.807) is 30.3 Å². The molecule has 2 N–H and O–H groups in total. The fraction of sp³-hybridized carbons (Fsp3) is 0.273. The molecule has 0 aliphatic heterocycles. The largest absolute Gasteiger partial charge is 0.294 e. The third kappa shape index (κ3) is 4.51. The maximum Gasteiger partial charge on any atom is 0.262 e. The lowest BCUT2D eigenvalue weighted by Gasteiger charge is -2.14. The van der Waals surface area contributed by atoms with Crippen LogP contribution in [0.2, 0.25) is 0 Å². The van der Waals surface area contributed by atoms with Crippen molar-refractivity contribution in [1.29, 1.82) is 0 Å². The number of carbonyl (C=O) groups is 2. The number of aryl methyl sites for hydroxylation is 2. The Morgan fingerprint density at radius 3 is 2.52 bits per heavy atom. The summed E-state index contributed by atoms with van der Waals surface area (Å²) in [5.74, 6) is -0.185. The Kier molecular flexibility index (Phi) is 6.07. The summed E-state index contributed by atoms with van der Waals surface area (Å²) in [6.45, 7) is 6.17. The highest BCUT2D eigenvalue weighted by molar-refractivity contribution is 5.98. The van der Waals surface area contributed by atoms with Crippen molar-refractivity contribution in [3.63, 3.8) is 0 Å². The second kappa shape index (κ2) is 8.68. The molecule has 29 heavy (non-hydrogen) atoms. The number of hydrogen-bond donors (Lipinski definition) is 2. The number of aromatic nitrogens is 2. The Bertz CT molecular complexity index is 1130. The minimum Gasteiger partial charge on any atom is -0.294 e. The van der Waals surface area contributed by atoms with E-state index in [9.17, 15) is 14.4 Å². The average molecular weight is 392 g/mol. The van der Waals surface area contributed by atoms with Crippen molar-refractivity contribution >= 4 is 28.5 Å². The number of nitrogens with zero attached hydrogens (tertiary/aromatic N) is 2. The molecule has 1 aromatic heterocycles. The molecule has 1 amide bonds. The van der Waals surface area contributed by atoms with Gasteiger partial charge in [-0.1, -0.05) is 24.3 Å². The number of nitrogens with one attached hydrogen (secondary N) is 2. The second-order valence-electron chi connectivity index (χ2n) is 6.90. The van der Waals surface area contributed by atoms with Crippen LogP contribution in [0.3, 0.4) is 0 Å². The number of hydrogen-bond acceptors (Lipinski definition) is 5. The highest BCUT2D eigenvalue weighted by Crippen LogP contribution is 2.13.